The van der Waals surface area contributed by atoms with Crippen LogP contribution in [0, 0.1) is 0 Å². The van der Waals surface area contributed by atoms with Gasteiger partial charge in [0.1, 0.15) is 16.7 Å². The minimum absolute atomic E-state index is 0. The summed E-state index contributed by atoms with van der Waals surface area (Å²) in [6.07, 6.45) is 0. The van der Waals surface area contributed by atoms with Crippen molar-refractivity contribution in [3.63, 3.8) is 0 Å². The van der Waals surface area contributed by atoms with E-state index in [1.54, 1.807) is 4.68 Å². The van der Waals surface area contributed by atoms with Crippen LogP contribution in [0.15, 0.2) is 53.6 Å². The summed E-state index contributed by atoms with van der Waals surface area (Å²) in [4.78, 5) is 0. The van der Waals surface area contributed by atoms with Crippen LogP contribution in [0.3, 0.4) is 0 Å². The molecule has 0 radical (unpaired) electrons. The molecule has 3 aromatic rings. The number of nitrogens with zero attached hydrogens (tertiary/aromatic N) is 6. The Labute approximate surface area is 149 Å². The van der Waals surface area contributed by atoms with Gasteiger partial charge in [0, 0.05) is 7.05 Å². The topological polar surface area (TPSA) is 75.3 Å². The van der Waals surface area contributed by atoms with E-state index in [9.17, 15) is 0 Å². The first-order chi connectivity index (χ1) is 11.2. The summed E-state index contributed by atoms with van der Waals surface area (Å²) in [7, 11) is 1.89. The van der Waals surface area contributed by atoms with Crippen molar-refractivity contribution in [1.82, 2.24) is 20.0 Å². The summed E-state index contributed by atoms with van der Waals surface area (Å²) in [5.74, 6) is 5.78. The van der Waals surface area contributed by atoms with Gasteiger partial charge in [0.2, 0.25) is 6.67 Å². The van der Waals surface area contributed by atoms with Crippen molar-refractivity contribution in [1.29, 1.82) is 0 Å². The summed E-state index contributed by atoms with van der Waals surface area (Å²) in [5.41, 5.74) is 4.11. The van der Waals surface area contributed by atoms with Crippen LogP contribution < -0.4 is 22.8 Å². The van der Waals surface area contributed by atoms with Gasteiger partial charge in [-0.3, -0.25) is 5.84 Å². The second-order valence-corrected chi connectivity index (χ2v) is 5.53. The lowest BCUT2D eigenvalue weighted by molar-refractivity contribution is -0.546. The van der Waals surface area contributed by atoms with Crippen molar-refractivity contribution in [2.24, 2.45) is 18.0 Å². The average molecular weight is 386 g/mol. The molecule has 0 spiro atoms. The summed E-state index contributed by atoms with van der Waals surface area (Å²) in [6, 6.07) is 19.1. The lowest BCUT2D eigenvalue weighted by Crippen LogP contribution is -3.00. The Balaban J connectivity index is 0.00000169. The number of benzene rings is 2. The first-order valence-electron chi connectivity index (χ1n) is 7.32. The van der Waals surface area contributed by atoms with Gasteiger partial charge in [0.15, 0.2) is 0 Å². The van der Waals surface area contributed by atoms with Gasteiger partial charge in [0.25, 0.3) is 0 Å². The highest BCUT2D eigenvalue weighted by Gasteiger charge is 2.30. The minimum atomic E-state index is -0.0449. The van der Waals surface area contributed by atoms with Gasteiger partial charge in [-0.15, -0.1) is 10.1 Å². The second kappa shape index (κ2) is 6.43. The maximum Gasteiger partial charge on any atom is 0.365 e. The molecule has 1 unspecified atom stereocenters. The molecular formula is C16H16BrN7. The Morgan fingerprint density at radius 1 is 1.17 bits per heavy atom. The second-order valence-electron chi connectivity index (χ2n) is 5.53. The SMILES string of the molecule is Cn1nnc2ccc(C(c3ccccc3)N3C[N+](N)=C=N3)cc21.[Br-]. The Hall–Kier alpha value is -2.70. The van der Waals surface area contributed by atoms with E-state index in [2.05, 4.69) is 45.7 Å². The number of hydrogen-bond donors (Lipinski definition) is 1. The van der Waals surface area contributed by atoms with Crippen molar-refractivity contribution < 1.29 is 21.7 Å². The molecule has 0 bridgehead atoms. The zero-order chi connectivity index (χ0) is 15.8. The lowest BCUT2D eigenvalue weighted by atomic mass is 9.98. The summed E-state index contributed by atoms with van der Waals surface area (Å²) >= 11 is 0. The van der Waals surface area contributed by atoms with Gasteiger partial charge < -0.3 is 17.0 Å². The fourth-order valence-electron chi connectivity index (χ4n) is 2.86. The van der Waals surface area contributed by atoms with E-state index < -0.39 is 0 Å². The van der Waals surface area contributed by atoms with Crippen molar-refractivity contribution in [2.75, 3.05) is 6.67 Å². The molecule has 0 amide bonds. The molecule has 2 aromatic carbocycles. The van der Waals surface area contributed by atoms with E-state index in [1.165, 1.54) is 4.68 Å². The number of nitrogens with two attached hydrogens (primary N) is 1. The third-order valence-electron chi connectivity index (χ3n) is 3.96. The highest BCUT2D eigenvalue weighted by Crippen LogP contribution is 2.30. The highest BCUT2D eigenvalue weighted by molar-refractivity contribution is 5.75. The molecule has 0 saturated carbocycles. The van der Waals surface area contributed by atoms with Crippen LogP contribution in [-0.2, 0) is 7.05 Å². The first kappa shape index (κ1) is 16.2. The molecule has 24 heavy (non-hydrogen) atoms. The zero-order valence-electron chi connectivity index (χ0n) is 13.0. The van der Waals surface area contributed by atoms with Crippen molar-refractivity contribution >= 4 is 17.0 Å². The van der Waals surface area contributed by atoms with Gasteiger partial charge in [-0.1, -0.05) is 46.3 Å². The monoisotopic (exact) mass is 385 g/mol. The van der Waals surface area contributed by atoms with E-state index in [1.807, 2.05) is 36.3 Å². The predicted molar refractivity (Wildman–Crippen MR) is 85.4 cm³/mol. The fourth-order valence-corrected chi connectivity index (χ4v) is 2.86. The summed E-state index contributed by atoms with van der Waals surface area (Å²) in [6.45, 7) is 0.487. The van der Waals surface area contributed by atoms with E-state index in [0.717, 1.165) is 22.2 Å². The van der Waals surface area contributed by atoms with E-state index in [-0.39, 0.29) is 23.0 Å². The molecular weight excluding hydrogens is 370 g/mol. The molecule has 1 atom stereocenters. The molecule has 1 aliphatic heterocycles. The maximum absolute atomic E-state index is 5.78. The van der Waals surface area contributed by atoms with Gasteiger partial charge in [-0.05, 0) is 23.3 Å². The van der Waals surface area contributed by atoms with Crippen LogP contribution >= 0.6 is 0 Å². The average Bonchev–Trinajstić information content (AvgIpc) is 3.16. The van der Waals surface area contributed by atoms with E-state index in [0.29, 0.717) is 6.67 Å². The third kappa shape index (κ3) is 2.77. The molecule has 4 rings (SSSR count). The molecule has 2 N–H and O–H groups in total. The van der Waals surface area contributed by atoms with Crippen LogP contribution in [0.25, 0.3) is 11.0 Å². The molecule has 122 valence electrons. The number of hydrazine groups is 1. The first-order valence-corrected chi connectivity index (χ1v) is 7.32. The molecule has 0 saturated heterocycles. The molecule has 0 aliphatic carbocycles. The molecule has 8 heteroatoms. The zero-order valence-corrected chi connectivity index (χ0v) is 14.6. The Morgan fingerprint density at radius 2 is 1.96 bits per heavy atom. The highest BCUT2D eigenvalue weighted by atomic mass is 79.9. The van der Waals surface area contributed by atoms with Crippen LogP contribution in [-0.4, -0.2) is 37.4 Å². The van der Waals surface area contributed by atoms with Crippen molar-refractivity contribution in [3.05, 3.63) is 59.7 Å². The van der Waals surface area contributed by atoms with Crippen LogP contribution in [0.5, 0.6) is 0 Å². The standard InChI is InChI=1S/C16H16N7.BrH/c1-21-15-9-13(7-8-14(15)19-20-21)16(12-5-3-2-4-6-12)23-11-22(17)10-18-23;/h2-9,16H,11,17H2,1H3;1H/q+1;/p-1. The molecule has 2 heterocycles. The van der Waals surface area contributed by atoms with Gasteiger partial charge >= 0.3 is 6.01 Å². The largest absolute Gasteiger partial charge is 1.00 e. The number of aryl methyl sites for hydroxylation is 1. The molecule has 7 nitrogen and oxygen atoms in total. The lowest BCUT2D eigenvalue weighted by Gasteiger charge is -2.21. The Bertz CT molecular complexity index is 928. The summed E-state index contributed by atoms with van der Waals surface area (Å²) in [5, 5.41) is 14.4. The fraction of sp³-hybridized carbons (Fsp3) is 0.188. The molecule has 1 aromatic heterocycles. The number of hydrazone groups is 2. The number of hydrogen-bond acceptors (Lipinski definition) is 5. The quantitative estimate of drug-likeness (QED) is 0.431. The number of halogens is 1. The van der Waals surface area contributed by atoms with Crippen molar-refractivity contribution in [2.45, 2.75) is 6.04 Å². The maximum atomic E-state index is 5.78. The normalized spacial score (nSPS) is 14.5. The Morgan fingerprint density at radius 3 is 2.67 bits per heavy atom. The minimum Gasteiger partial charge on any atom is -1.00 e. The van der Waals surface area contributed by atoms with Crippen LogP contribution in [0.2, 0.25) is 0 Å². The smallest absolute Gasteiger partial charge is 0.365 e. The van der Waals surface area contributed by atoms with Crippen molar-refractivity contribution in [3.8, 4) is 0 Å². The van der Waals surface area contributed by atoms with Crippen LogP contribution in [0.4, 0.5) is 0 Å². The van der Waals surface area contributed by atoms with E-state index in [4.69, 9.17) is 5.84 Å². The number of rotatable bonds is 3. The van der Waals surface area contributed by atoms with Crippen LogP contribution in [0.1, 0.15) is 17.2 Å². The van der Waals surface area contributed by atoms with Gasteiger partial charge in [0.05, 0.1) is 5.52 Å². The van der Waals surface area contributed by atoms with Gasteiger partial charge in [-0.2, -0.15) is 0 Å². The summed E-state index contributed by atoms with van der Waals surface area (Å²) < 4.78 is 3.22. The molecule has 0 fully saturated rings. The Kier molecular flexibility index (Phi) is 4.33. The number of fused-ring (bicyclic) bond motifs is 1. The van der Waals surface area contributed by atoms with E-state index >= 15 is 0 Å². The molecule has 1 aliphatic rings. The van der Waals surface area contributed by atoms with Gasteiger partial charge in [-0.25, -0.2) is 4.68 Å². The third-order valence-corrected chi connectivity index (χ3v) is 3.96. The predicted octanol–water partition coefficient (Wildman–Crippen LogP) is -1.69. The number of aromatic nitrogens is 3.